The number of aromatic nitrogens is 2. The Kier molecular flexibility index (Phi) is 7.29. The van der Waals surface area contributed by atoms with Gasteiger partial charge in [-0.1, -0.05) is 23.5 Å². The van der Waals surface area contributed by atoms with E-state index in [0.29, 0.717) is 21.3 Å². The lowest BCUT2D eigenvalue weighted by Gasteiger charge is -2.19. The molecule has 0 aliphatic heterocycles. The molecule has 0 radical (unpaired) electrons. The third-order valence-electron chi connectivity index (χ3n) is 4.15. The summed E-state index contributed by atoms with van der Waals surface area (Å²) in [6.45, 7) is 6.79. The molecular weight excluding hydrogens is 484 g/mol. The fourth-order valence-corrected chi connectivity index (χ4v) is 4.62. The summed E-state index contributed by atoms with van der Waals surface area (Å²) in [5, 5.41) is 22.3. The van der Waals surface area contributed by atoms with Crippen LogP contribution in [0, 0.1) is 10.1 Å². The third-order valence-corrected chi connectivity index (χ3v) is 6.68. The van der Waals surface area contributed by atoms with Crippen LogP contribution in [-0.4, -0.2) is 35.2 Å². The van der Waals surface area contributed by atoms with E-state index < -0.39 is 32.8 Å². The summed E-state index contributed by atoms with van der Waals surface area (Å²) in [5.41, 5.74) is 0.279. The lowest BCUT2D eigenvalue weighted by molar-refractivity contribution is -0.384. The first kappa shape index (κ1) is 25.2. The van der Waals surface area contributed by atoms with Crippen LogP contribution in [0.1, 0.15) is 38.8 Å². The van der Waals surface area contributed by atoms with Crippen molar-refractivity contribution in [3.8, 4) is 10.6 Å². The number of nitrogens with one attached hydrogen (secondary N) is 1. The van der Waals surface area contributed by atoms with E-state index in [9.17, 15) is 23.3 Å². The normalized spacial score (nSPS) is 12.7. The fraction of sp³-hybridized carbons (Fsp3) is 0.286. The number of hydrogen-bond donors (Lipinski definition) is 1. The van der Waals surface area contributed by atoms with Gasteiger partial charge < -0.3 is 4.74 Å². The van der Waals surface area contributed by atoms with E-state index >= 15 is 0 Å². The molecule has 0 bridgehead atoms. The Hall–Kier alpha value is -3.42. The Balaban J connectivity index is 1.72. The quantitative estimate of drug-likeness (QED) is 0.267. The van der Waals surface area contributed by atoms with Gasteiger partial charge in [-0.3, -0.25) is 19.6 Å². The maximum atomic E-state index is 12.5. The molecule has 0 fully saturated rings. The number of benzene rings is 2. The van der Waals surface area contributed by atoms with Gasteiger partial charge in [0.25, 0.3) is 15.8 Å². The average molecular weight is 507 g/mol. The standard InChI is InChI=1S/C21H22N4O7S2/c1-13(32-34(29,30)17-10-8-16(9-11-17)25(27)28)18-23-24-19(33-18)14-6-5-7-15(12-14)22-20(26)31-21(2,3)4/h5-13H,1-4H3,(H,22,26). The highest BCUT2D eigenvalue weighted by atomic mass is 32.2. The zero-order chi connectivity index (χ0) is 25.1. The highest BCUT2D eigenvalue weighted by molar-refractivity contribution is 7.86. The summed E-state index contributed by atoms with van der Waals surface area (Å²) in [6.07, 6.45) is -1.55. The first-order valence-electron chi connectivity index (χ1n) is 9.96. The van der Waals surface area contributed by atoms with Gasteiger partial charge in [0.2, 0.25) is 0 Å². The van der Waals surface area contributed by atoms with Crippen LogP contribution < -0.4 is 5.32 Å². The van der Waals surface area contributed by atoms with Crippen molar-refractivity contribution in [2.24, 2.45) is 0 Å². The van der Waals surface area contributed by atoms with Crippen LogP contribution in [0.3, 0.4) is 0 Å². The molecule has 11 nitrogen and oxygen atoms in total. The first-order chi connectivity index (χ1) is 15.8. The summed E-state index contributed by atoms with van der Waals surface area (Å²) in [7, 11) is -4.19. The van der Waals surface area contributed by atoms with Crippen LogP contribution in [0.4, 0.5) is 16.2 Å². The molecule has 1 aromatic heterocycles. The molecule has 3 rings (SSSR count). The van der Waals surface area contributed by atoms with E-state index in [1.54, 1.807) is 45.0 Å². The molecule has 0 aliphatic carbocycles. The van der Waals surface area contributed by atoms with Crippen LogP contribution in [0.25, 0.3) is 10.6 Å². The number of nitrogens with zero attached hydrogens (tertiary/aromatic N) is 3. The van der Waals surface area contributed by atoms with Crippen LogP contribution in [0.5, 0.6) is 0 Å². The average Bonchev–Trinajstić information content (AvgIpc) is 3.23. The minimum Gasteiger partial charge on any atom is -0.444 e. The minimum atomic E-state index is -4.19. The molecule has 13 heteroatoms. The van der Waals surface area contributed by atoms with E-state index in [4.69, 9.17) is 8.92 Å². The lowest BCUT2D eigenvalue weighted by atomic mass is 10.2. The topological polar surface area (TPSA) is 151 Å². The van der Waals surface area contributed by atoms with Crippen molar-refractivity contribution >= 4 is 38.9 Å². The number of anilines is 1. The first-order valence-corrected chi connectivity index (χ1v) is 12.2. The second-order valence-corrected chi connectivity index (χ2v) is 10.7. The van der Waals surface area contributed by atoms with Gasteiger partial charge in [-0.15, -0.1) is 10.2 Å². The maximum Gasteiger partial charge on any atom is 0.412 e. The van der Waals surface area contributed by atoms with Crippen molar-refractivity contribution in [1.82, 2.24) is 10.2 Å². The molecule has 180 valence electrons. The Morgan fingerprint density at radius 1 is 1.15 bits per heavy atom. The van der Waals surface area contributed by atoms with Gasteiger partial charge in [0.15, 0.2) is 0 Å². The van der Waals surface area contributed by atoms with Crippen molar-refractivity contribution in [3.05, 3.63) is 63.7 Å². The second kappa shape index (κ2) is 9.83. The van der Waals surface area contributed by atoms with Gasteiger partial charge in [0, 0.05) is 23.4 Å². The summed E-state index contributed by atoms with van der Waals surface area (Å²) >= 11 is 1.13. The SMILES string of the molecule is CC(OS(=O)(=O)c1ccc([N+](=O)[O-])cc1)c1nnc(-c2cccc(NC(=O)OC(C)(C)C)c2)s1. The van der Waals surface area contributed by atoms with E-state index in [1.807, 2.05) is 0 Å². The smallest absolute Gasteiger partial charge is 0.412 e. The van der Waals surface area contributed by atoms with Gasteiger partial charge in [-0.25, -0.2) is 4.79 Å². The number of carbonyl (C=O) groups is 1. The van der Waals surface area contributed by atoms with E-state index in [0.717, 1.165) is 35.6 Å². The fourth-order valence-electron chi connectivity index (χ4n) is 2.69. The van der Waals surface area contributed by atoms with Crippen LogP contribution in [-0.2, 0) is 19.0 Å². The number of amides is 1. The molecular formula is C21H22N4O7S2. The zero-order valence-electron chi connectivity index (χ0n) is 18.7. The van der Waals surface area contributed by atoms with Crippen LogP contribution >= 0.6 is 11.3 Å². The van der Waals surface area contributed by atoms with Crippen LogP contribution in [0.2, 0.25) is 0 Å². The van der Waals surface area contributed by atoms with Crippen molar-refractivity contribution in [2.45, 2.75) is 44.3 Å². The summed E-state index contributed by atoms with van der Waals surface area (Å²) in [4.78, 5) is 21.9. The summed E-state index contributed by atoms with van der Waals surface area (Å²) in [5.74, 6) is 0. The van der Waals surface area contributed by atoms with Crippen molar-refractivity contribution in [2.75, 3.05) is 5.32 Å². The number of rotatable bonds is 7. The molecule has 1 unspecified atom stereocenters. The van der Waals surface area contributed by atoms with Crippen molar-refractivity contribution in [1.29, 1.82) is 0 Å². The van der Waals surface area contributed by atoms with Gasteiger partial charge in [-0.2, -0.15) is 8.42 Å². The van der Waals surface area contributed by atoms with Gasteiger partial charge in [0.1, 0.15) is 21.7 Å². The predicted octanol–water partition coefficient (Wildman–Crippen LogP) is 4.93. The molecule has 1 N–H and O–H groups in total. The number of ether oxygens (including phenoxy) is 1. The van der Waals surface area contributed by atoms with Gasteiger partial charge >= 0.3 is 6.09 Å². The molecule has 2 aromatic carbocycles. The Morgan fingerprint density at radius 2 is 1.82 bits per heavy atom. The second-order valence-electron chi connectivity index (χ2n) is 8.10. The van der Waals surface area contributed by atoms with Gasteiger partial charge in [-0.05, 0) is 52.0 Å². The number of nitro benzene ring substituents is 1. The number of hydrogen-bond acceptors (Lipinski definition) is 10. The van der Waals surface area contributed by atoms with Crippen molar-refractivity contribution in [3.63, 3.8) is 0 Å². The third kappa shape index (κ3) is 6.56. The Labute approximate surface area is 200 Å². The molecule has 1 atom stereocenters. The number of nitro groups is 1. The van der Waals surface area contributed by atoms with Crippen molar-refractivity contribution < 1.29 is 27.1 Å². The predicted molar refractivity (Wildman–Crippen MR) is 125 cm³/mol. The molecule has 0 spiro atoms. The van der Waals surface area contributed by atoms with E-state index in [-0.39, 0.29) is 10.6 Å². The molecule has 1 amide bonds. The number of non-ortho nitro benzene ring substituents is 1. The summed E-state index contributed by atoms with van der Waals surface area (Å²) in [6, 6.07) is 11.3. The monoisotopic (exact) mass is 506 g/mol. The largest absolute Gasteiger partial charge is 0.444 e. The highest BCUT2D eigenvalue weighted by Gasteiger charge is 2.24. The molecule has 0 saturated heterocycles. The zero-order valence-corrected chi connectivity index (χ0v) is 20.3. The molecule has 0 aliphatic rings. The molecule has 3 aromatic rings. The lowest BCUT2D eigenvalue weighted by Crippen LogP contribution is -2.27. The van der Waals surface area contributed by atoms with E-state index in [1.165, 1.54) is 6.92 Å². The minimum absolute atomic E-state index is 0.212. The highest BCUT2D eigenvalue weighted by Crippen LogP contribution is 2.31. The van der Waals surface area contributed by atoms with Gasteiger partial charge in [0.05, 0.1) is 9.82 Å². The Morgan fingerprint density at radius 3 is 2.44 bits per heavy atom. The van der Waals surface area contributed by atoms with Crippen LogP contribution in [0.15, 0.2) is 53.4 Å². The van der Waals surface area contributed by atoms with E-state index in [2.05, 4.69) is 15.5 Å². The number of carbonyl (C=O) groups excluding carboxylic acids is 1. The maximum absolute atomic E-state index is 12.5. The summed E-state index contributed by atoms with van der Waals surface area (Å²) < 4.78 is 35.5. The Bertz CT molecular complexity index is 1300. The molecule has 34 heavy (non-hydrogen) atoms. The molecule has 0 saturated carbocycles. The molecule has 1 heterocycles.